The molecule has 0 radical (unpaired) electrons. The molecule has 0 bridgehead atoms. The Hall–Kier alpha value is -1.79. The Morgan fingerprint density at radius 1 is 1.43 bits per heavy atom. The number of aromatic nitrogens is 1. The fourth-order valence-electron chi connectivity index (χ4n) is 2.69. The largest absolute Gasteiger partial charge is 0.317 e. The average Bonchev–Trinajstić information content (AvgIpc) is 2.99. The quantitative estimate of drug-likeness (QED) is 0.904. The van der Waals surface area contributed by atoms with Crippen molar-refractivity contribution in [3.05, 3.63) is 46.2 Å². The number of carbonyl (C=O) groups is 1. The van der Waals surface area contributed by atoms with Crippen LogP contribution in [-0.4, -0.2) is 24.0 Å². The van der Waals surface area contributed by atoms with Crippen molar-refractivity contribution in [1.82, 2.24) is 10.3 Å². The molecule has 1 saturated heterocycles. The molecule has 1 amide bonds. The van der Waals surface area contributed by atoms with Crippen LogP contribution in [0, 0.1) is 18.7 Å². The molecular weight excluding hydrogens is 313 g/mol. The number of amides is 1. The van der Waals surface area contributed by atoms with Crippen molar-refractivity contribution in [3.63, 3.8) is 0 Å². The molecule has 1 aromatic carbocycles. The van der Waals surface area contributed by atoms with Crippen LogP contribution in [0.2, 0.25) is 0 Å². The standard InChI is InChI=1S/C17H20FN3OS/c1-11-2-3-12(9-15(11)18)8-14-10-20-17(23-14)21-16(22)13-4-6-19-7-5-13/h2-3,9-10,13,19H,4-8H2,1H3,(H,20,21,22). The van der Waals surface area contributed by atoms with Gasteiger partial charge in [-0.15, -0.1) is 11.3 Å². The highest BCUT2D eigenvalue weighted by Crippen LogP contribution is 2.23. The summed E-state index contributed by atoms with van der Waals surface area (Å²) in [6.45, 7) is 3.53. The van der Waals surface area contributed by atoms with Crippen LogP contribution >= 0.6 is 11.3 Å². The summed E-state index contributed by atoms with van der Waals surface area (Å²) in [5, 5.41) is 6.78. The van der Waals surface area contributed by atoms with Gasteiger partial charge in [-0.1, -0.05) is 12.1 Å². The van der Waals surface area contributed by atoms with Gasteiger partial charge in [-0.2, -0.15) is 0 Å². The minimum absolute atomic E-state index is 0.0498. The Kier molecular flexibility index (Phi) is 5.03. The Morgan fingerprint density at radius 2 is 2.22 bits per heavy atom. The van der Waals surface area contributed by atoms with Crippen molar-refractivity contribution in [2.75, 3.05) is 18.4 Å². The van der Waals surface area contributed by atoms with Crippen LogP contribution in [0.3, 0.4) is 0 Å². The van der Waals surface area contributed by atoms with Gasteiger partial charge >= 0.3 is 0 Å². The second-order valence-corrected chi connectivity index (χ2v) is 7.02. The van der Waals surface area contributed by atoms with Gasteiger partial charge in [0.05, 0.1) is 0 Å². The molecule has 1 fully saturated rings. The zero-order chi connectivity index (χ0) is 16.2. The molecule has 2 aromatic rings. The van der Waals surface area contributed by atoms with E-state index in [1.165, 1.54) is 11.3 Å². The van der Waals surface area contributed by atoms with E-state index in [-0.39, 0.29) is 17.6 Å². The van der Waals surface area contributed by atoms with Crippen molar-refractivity contribution in [1.29, 1.82) is 0 Å². The first-order chi connectivity index (χ1) is 11.1. The van der Waals surface area contributed by atoms with Gasteiger partial charge < -0.3 is 10.6 Å². The molecule has 0 saturated carbocycles. The monoisotopic (exact) mass is 333 g/mol. The number of nitrogens with zero attached hydrogens (tertiary/aromatic N) is 1. The van der Waals surface area contributed by atoms with E-state index in [9.17, 15) is 9.18 Å². The summed E-state index contributed by atoms with van der Waals surface area (Å²) in [5.41, 5.74) is 1.56. The van der Waals surface area contributed by atoms with Gasteiger partial charge in [-0.05, 0) is 50.0 Å². The molecule has 0 aliphatic carbocycles. The summed E-state index contributed by atoms with van der Waals surface area (Å²) in [4.78, 5) is 17.5. The molecule has 2 N–H and O–H groups in total. The van der Waals surface area contributed by atoms with Crippen LogP contribution in [0.15, 0.2) is 24.4 Å². The average molecular weight is 333 g/mol. The topological polar surface area (TPSA) is 54.0 Å². The molecule has 2 heterocycles. The zero-order valence-electron chi connectivity index (χ0n) is 13.1. The number of aryl methyl sites for hydroxylation is 1. The van der Waals surface area contributed by atoms with E-state index in [1.807, 2.05) is 6.07 Å². The molecule has 1 aliphatic rings. The number of piperidine rings is 1. The minimum atomic E-state index is -0.188. The van der Waals surface area contributed by atoms with Gasteiger partial charge in [-0.25, -0.2) is 9.37 Å². The Morgan fingerprint density at radius 3 is 2.96 bits per heavy atom. The third-order valence-electron chi connectivity index (χ3n) is 4.11. The molecular formula is C17H20FN3OS. The van der Waals surface area contributed by atoms with Crippen LogP contribution in [-0.2, 0) is 11.2 Å². The van der Waals surface area contributed by atoms with Crippen LogP contribution in [0.25, 0.3) is 0 Å². The van der Waals surface area contributed by atoms with Gasteiger partial charge in [0.25, 0.3) is 0 Å². The SMILES string of the molecule is Cc1ccc(Cc2cnc(NC(=O)C3CCNCC3)s2)cc1F. The minimum Gasteiger partial charge on any atom is -0.317 e. The van der Waals surface area contributed by atoms with Crippen LogP contribution < -0.4 is 10.6 Å². The number of hydrogen-bond acceptors (Lipinski definition) is 4. The van der Waals surface area contributed by atoms with E-state index >= 15 is 0 Å². The molecule has 1 aliphatic heterocycles. The predicted molar refractivity (Wildman–Crippen MR) is 90.3 cm³/mol. The summed E-state index contributed by atoms with van der Waals surface area (Å²) in [6, 6.07) is 5.26. The maximum absolute atomic E-state index is 13.6. The first-order valence-electron chi connectivity index (χ1n) is 7.83. The van der Waals surface area contributed by atoms with Crippen molar-refractivity contribution in [3.8, 4) is 0 Å². The van der Waals surface area contributed by atoms with Crippen LogP contribution in [0.5, 0.6) is 0 Å². The van der Waals surface area contributed by atoms with E-state index in [0.717, 1.165) is 36.4 Å². The summed E-state index contributed by atoms with van der Waals surface area (Å²) in [6.07, 6.45) is 4.11. The lowest BCUT2D eigenvalue weighted by Gasteiger charge is -2.20. The van der Waals surface area contributed by atoms with E-state index in [0.29, 0.717) is 17.1 Å². The Labute approximate surface area is 139 Å². The molecule has 4 nitrogen and oxygen atoms in total. The van der Waals surface area contributed by atoms with Crippen molar-refractivity contribution in [2.24, 2.45) is 5.92 Å². The molecule has 0 spiro atoms. The lowest BCUT2D eigenvalue weighted by Crippen LogP contribution is -2.34. The summed E-state index contributed by atoms with van der Waals surface area (Å²) in [7, 11) is 0. The number of rotatable bonds is 4. The molecule has 3 rings (SSSR count). The van der Waals surface area contributed by atoms with Crippen molar-refractivity contribution in [2.45, 2.75) is 26.2 Å². The fraction of sp³-hybridized carbons (Fsp3) is 0.412. The molecule has 0 atom stereocenters. The maximum Gasteiger partial charge on any atom is 0.229 e. The van der Waals surface area contributed by atoms with E-state index in [2.05, 4.69) is 15.6 Å². The predicted octanol–water partition coefficient (Wildman–Crippen LogP) is 3.12. The Balaban J connectivity index is 1.61. The van der Waals surface area contributed by atoms with Gasteiger partial charge in [0.15, 0.2) is 5.13 Å². The number of halogens is 1. The molecule has 6 heteroatoms. The number of hydrogen-bond donors (Lipinski definition) is 2. The summed E-state index contributed by atoms with van der Waals surface area (Å²) < 4.78 is 13.6. The lowest BCUT2D eigenvalue weighted by atomic mass is 9.97. The second kappa shape index (κ2) is 7.19. The summed E-state index contributed by atoms with van der Waals surface area (Å²) in [5.74, 6) is -0.0741. The molecule has 1 aromatic heterocycles. The lowest BCUT2D eigenvalue weighted by molar-refractivity contribution is -0.120. The Bertz CT molecular complexity index is 695. The molecule has 122 valence electrons. The number of thiazole rings is 1. The zero-order valence-corrected chi connectivity index (χ0v) is 13.9. The third kappa shape index (κ3) is 4.14. The highest BCUT2D eigenvalue weighted by atomic mass is 32.1. The molecule has 23 heavy (non-hydrogen) atoms. The maximum atomic E-state index is 13.6. The van der Waals surface area contributed by atoms with Gasteiger partial charge in [-0.3, -0.25) is 4.79 Å². The fourth-order valence-corrected chi connectivity index (χ4v) is 3.54. The van der Waals surface area contributed by atoms with E-state index in [1.54, 1.807) is 25.3 Å². The first-order valence-corrected chi connectivity index (χ1v) is 8.65. The number of carbonyl (C=O) groups excluding carboxylic acids is 1. The third-order valence-corrected chi connectivity index (χ3v) is 5.02. The van der Waals surface area contributed by atoms with Gasteiger partial charge in [0.1, 0.15) is 5.82 Å². The van der Waals surface area contributed by atoms with Gasteiger partial charge in [0.2, 0.25) is 5.91 Å². The van der Waals surface area contributed by atoms with Crippen molar-refractivity contribution >= 4 is 22.4 Å². The normalized spacial score (nSPS) is 15.6. The van der Waals surface area contributed by atoms with E-state index < -0.39 is 0 Å². The number of anilines is 1. The van der Waals surface area contributed by atoms with Crippen LogP contribution in [0.1, 0.15) is 28.8 Å². The van der Waals surface area contributed by atoms with E-state index in [4.69, 9.17) is 0 Å². The summed E-state index contributed by atoms with van der Waals surface area (Å²) >= 11 is 1.45. The number of nitrogens with one attached hydrogen (secondary N) is 2. The highest BCUT2D eigenvalue weighted by molar-refractivity contribution is 7.15. The smallest absolute Gasteiger partial charge is 0.229 e. The van der Waals surface area contributed by atoms with Crippen molar-refractivity contribution < 1.29 is 9.18 Å². The second-order valence-electron chi connectivity index (χ2n) is 5.91. The highest BCUT2D eigenvalue weighted by Gasteiger charge is 2.21. The first kappa shape index (κ1) is 16.1. The molecule has 0 unspecified atom stereocenters. The van der Waals surface area contributed by atoms with Crippen LogP contribution in [0.4, 0.5) is 9.52 Å². The number of benzene rings is 1. The van der Waals surface area contributed by atoms with Gasteiger partial charge in [0, 0.05) is 23.4 Å².